The zero-order valence-electron chi connectivity index (χ0n) is 20.1. The zero-order chi connectivity index (χ0) is 26.4. The third kappa shape index (κ3) is 7.54. The van der Waals surface area contributed by atoms with Crippen LogP contribution >= 0.6 is 11.8 Å². The minimum atomic E-state index is -3.75. The van der Waals surface area contributed by atoms with E-state index in [4.69, 9.17) is 14.6 Å². The Kier molecular flexibility index (Phi) is 8.46. The predicted molar refractivity (Wildman–Crippen MR) is 140 cm³/mol. The number of nitrogens with one attached hydrogen (secondary N) is 2. The molecular formula is C24H27N5O6S2. The van der Waals surface area contributed by atoms with Crippen molar-refractivity contribution in [3.63, 3.8) is 0 Å². The van der Waals surface area contributed by atoms with E-state index in [2.05, 4.69) is 20.8 Å². The Morgan fingerprint density at radius 3 is 2.62 bits per heavy atom. The lowest BCUT2D eigenvalue weighted by Gasteiger charge is -2.21. The van der Waals surface area contributed by atoms with E-state index in [1.807, 2.05) is 25.1 Å². The van der Waals surface area contributed by atoms with Gasteiger partial charge in [0.1, 0.15) is 0 Å². The molecule has 0 aliphatic carbocycles. The highest BCUT2D eigenvalue weighted by atomic mass is 32.2. The average Bonchev–Trinajstić information content (AvgIpc) is 3.33. The van der Waals surface area contributed by atoms with Crippen LogP contribution in [0.5, 0.6) is 11.5 Å². The summed E-state index contributed by atoms with van der Waals surface area (Å²) in [6.45, 7) is 2.41. The maximum absolute atomic E-state index is 12.6. The smallest absolute Gasteiger partial charge is 0.238 e. The quantitative estimate of drug-likeness (QED) is 0.319. The maximum atomic E-state index is 12.6. The molecule has 2 aromatic rings. The fourth-order valence-corrected chi connectivity index (χ4v) is 5.10. The van der Waals surface area contributed by atoms with Crippen LogP contribution in [0.2, 0.25) is 0 Å². The average molecular weight is 546 g/mol. The number of amides is 2. The second-order valence-electron chi connectivity index (χ2n) is 8.52. The highest BCUT2D eigenvalue weighted by Gasteiger charge is 2.30. The van der Waals surface area contributed by atoms with Gasteiger partial charge in [-0.3, -0.25) is 9.59 Å². The molecular weight excluding hydrogens is 518 g/mol. The molecule has 1 fully saturated rings. The second-order valence-corrected chi connectivity index (χ2v) is 11.3. The summed E-state index contributed by atoms with van der Waals surface area (Å²) in [5.41, 5.74) is 2.71. The number of thioether (sulfide) groups is 1. The van der Waals surface area contributed by atoms with Crippen LogP contribution in [0.3, 0.4) is 0 Å². The summed E-state index contributed by atoms with van der Waals surface area (Å²) in [6.07, 6.45) is 1.93. The van der Waals surface area contributed by atoms with Crippen LogP contribution in [0.4, 0.5) is 0 Å². The van der Waals surface area contributed by atoms with Gasteiger partial charge in [0.2, 0.25) is 28.6 Å². The first-order chi connectivity index (χ1) is 17.7. The monoisotopic (exact) mass is 545 g/mol. The Bertz CT molecular complexity index is 1340. The molecule has 4 rings (SSSR count). The molecule has 11 nitrogen and oxygen atoms in total. The van der Waals surface area contributed by atoms with Crippen molar-refractivity contribution >= 4 is 44.5 Å². The van der Waals surface area contributed by atoms with E-state index in [9.17, 15) is 18.0 Å². The number of nitrogens with zero attached hydrogens (tertiary/aromatic N) is 2. The van der Waals surface area contributed by atoms with Crippen molar-refractivity contribution in [3.05, 3.63) is 53.6 Å². The molecule has 1 atom stereocenters. The number of hydrogen-bond donors (Lipinski definition) is 3. The Morgan fingerprint density at radius 1 is 1.14 bits per heavy atom. The number of sulfonamides is 1. The van der Waals surface area contributed by atoms with E-state index < -0.39 is 15.3 Å². The number of carbonyl (C=O) groups excluding carboxylic acids is 2. The molecule has 1 unspecified atom stereocenters. The largest absolute Gasteiger partial charge is 0.454 e. The highest BCUT2D eigenvalue weighted by Crippen LogP contribution is 2.32. The number of ether oxygens (including phenoxy) is 2. The molecule has 2 amide bonds. The number of amidine groups is 1. The van der Waals surface area contributed by atoms with E-state index >= 15 is 0 Å². The van der Waals surface area contributed by atoms with Crippen molar-refractivity contribution in [1.29, 1.82) is 0 Å². The van der Waals surface area contributed by atoms with Gasteiger partial charge in [-0.05, 0) is 61.6 Å². The molecule has 2 heterocycles. The lowest BCUT2D eigenvalue weighted by molar-refractivity contribution is -0.125. The van der Waals surface area contributed by atoms with Crippen LogP contribution in [0.15, 0.2) is 57.6 Å². The van der Waals surface area contributed by atoms with Crippen molar-refractivity contribution in [2.45, 2.75) is 42.8 Å². The van der Waals surface area contributed by atoms with E-state index in [1.54, 1.807) is 12.1 Å². The first kappa shape index (κ1) is 26.6. The number of nitrogens with two attached hydrogens (primary N) is 1. The summed E-state index contributed by atoms with van der Waals surface area (Å²) in [7, 11) is -3.75. The molecule has 2 aliphatic rings. The minimum absolute atomic E-state index is 0.0301. The molecule has 4 N–H and O–H groups in total. The first-order valence-corrected chi connectivity index (χ1v) is 14.0. The molecule has 0 saturated carbocycles. The van der Waals surface area contributed by atoms with Gasteiger partial charge in [0.15, 0.2) is 16.7 Å². The lowest BCUT2D eigenvalue weighted by Crippen LogP contribution is -2.44. The third-order valence-corrected chi connectivity index (χ3v) is 7.65. The van der Waals surface area contributed by atoms with E-state index in [0.29, 0.717) is 19.4 Å². The second kappa shape index (κ2) is 11.8. The third-order valence-electron chi connectivity index (χ3n) is 5.65. The Labute approximate surface area is 218 Å². The van der Waals surface area contributed by atoms with Gasteiger partial charge < -0.3 is 20.1 Å². The summed E-state index contributed by atoms with van der Waals surface area (Å²) in [6, 6.07) is 11.9. The molecule has 37 heavy (non-hydrogen) atoms. The fraction of sp³-hybridized carbons (Fsp3) is 0.333. The molecule has 0 bridgehead atoms. The summed E-state index contributed by atoms with van der Waals surface area (Å²) >= 11 is 1.15. The van der Waals surface area contributed by atoms with Gasteiger partial charge in [0.05, 0.1) is 10.1 Å². The molecule has 1 saturated heterocycles. The predicted octanol–water partition coefficient (Wildman–Crippen LogP) is 1.71. The number of fused-ring (bicyclic) bond motifs is 1. The molecule has 0 spiro atoms. The van der Waals surface area contributed by atoms with Crippen LogP contribution in [0.25, 0.3) is 0 Å². The van der Waals surface area contributed by atoms with E-state index in [0.717, 1.165) is 46.5 Å². The summed E-state index contributed by atoms with van der Waals surface area (Å²) < 4.78 is 33.4. The highest BCUT2D eigenvalue weighted by molar-refractivity contribution is 8.15. The van der Waals surface area contributed by atoms with Crippen molar-refractivity contribution in [2.75, 3.05) is 13.3 Å². The fourth-order valence-electron chi connectivity index (χ4n) is 3.63. The number of rotatable bonds is 9. The normalized spacial score (nSPS) is 18.5. The van der Waals surface area contributed by atoms with Crippen LogP contribution < -0.4 is 25.2 Å². The summed E-state index contributed by atoms with van der Waals surface area (Å²) in [5, 5.41) is 18.6. The molecule has 0 aromatic heterocycles. The molecule has 2 aliphatic heterocycles. The van der Waals surface area contributed by atoms with Gasteiger partial charge in [0, 0.05) is 18.7 Å². The lowest BCUT2D eigenvalue weighted by atomic mass is 10.1. The standard InChI is InChI=1S/C24H27N5O6S2/c1-15(2-3-17-6-9-19-20(12-17)35-14-34-19)28-29-24-27-22(30)13-21(36-24)23(31)26-11-10-16-4-7-18(8-5-16)37(25,32)33/h4-9,12,21H,2-3,10-11,13-14H2,1H3,(H,26,31)(H2,25,32,33)(H,27,29,30). The van der Waals surface area contributed by atoms with Gasteiger partial charge in [-0.25, -0.2) is 13.6 Å². The van der Waals surface area contributed by atoms with Crippen LogP contribution in [-0.2, 0) is 32.5 Å². The SMILES string of the molecule is CC(CCc1ccc2c(c1)OCO2)=NN=C1NC(=O)CC(C(=O)NCCc2ccc(S(N)(=O)=O)cc2)S1. The van der Waals surface area contributed by atoms with Crippen molar-refractivity contribution in [2.24, 2.45) is 15.3 Å². The molecule has 13 heteroatoms. The summed E-state index contributed by atoms with van der Waals surface area (Å²) in [4.78, 5) is 24.8. The Morgan fingerprint density at radius 2 is 1.86 bits per heavy atom. The minimum Gasteiger partial charge on any atom is -0.454 e. The van der Waals surface area contributed by atoms with Crippen molar-refractivity contribution in [3.8, 4) is 11.5 Å². The number of primary sulfonamides is 1. The van der Waals surface area contributed by atoms with E-state index in [-0.39, 0.29) is 35.1 Å². The number of carbonyl (C=O) groups is 2. The van der Waals surface area contributed by atoms with Gasteiger partial charge >= 0.3 is 0 Å². The molecule has 196 valence electrons. The van der Waals surface area contributed by atoms with Crippen LogP contribution in [0, 0.1) is 0 Å². The van der Waals surface area contributed by atoms with E-state index in [1.165, 1.54) is 12.1 Å². The number of benzene rings is 2. The number of hydrogen-bond acceptors (Lipinski definition) is 9. The van der Waals surface area contributed by atoms with Gasteiger partial charge in [-0.15, -0.1) is 5.10 Å². The maximum Gasteiger partial charge on any atom is 0.238 e. The first-order valence-electron chi connectivity index (χ1n) is 11.5. The van der Waals surface area contributed by atoms with Crippen molar-refractivity contribution < 1.29 is 27.5 Å². The Balaban J connectivity index is 1.26. The van der Waals surface area contributed by atoms with Gasteiger partial charge in [-0.2, -0.15) is 5.10 Å². The Hall–Kier alpha value is -3.42. The summed E-state index contributed by atoms with van der Waals surface area (Å²) in [5.74, 6) is 0.891. The molecule has 2 aromatic carbocycles. The van der Waals surface area contributed by atoms with Crippen LogP contribution in [0.1, 0.15) is 30.9 Å². The van der Waals surface area contributed by atoms with Crippen LogP contribution in [-0.4, -0.2) is 49.7 Å². The van der Waals surface area contributed by atoms with Crippen molar-refractivity contribution in [1.82, 2.24) is 10.6 Å². The topological polar surface area (TPSA) is 162 Å². The zero-order valence-corrected chi connectivity index (χ0v) is 21.7. The number of aryl methyl sites for hydroxylation is 1. The van der Waals surface area contributed by atoms with Gasteiger partial charge in [0.25, 0.3) is 0 Å². The molecule has 0 radical (unpaired) electrons. The van der Waals surface area contributed by atoms with Gasteiger partial charge in [-0.1, -0.05) is 30.0 Å².